The highest BCUT2D eigenvalue weighted by Gasteiger charge is 2.68. The third-order valence-corrected chi connectivity index (χ3v) is 4.41. The summed E-state index contributed by atoms with van der Waals surface area (Å²) in [5.74, 6) is -1.39. The van der Waals surface area contributed by atoms with Gasteiger partial charge in [-0.25, -0.2) is 9.78 Å². The first-order valence-corrected chi connectivity index (χ1v) is 8.14. The summed E-state index contributed by atoms with van der Waals surface area (Å²) >= 11 is 0.895. The molecule has 2 N–H and O–H groups in total. The average molecular weight is 370 g/mol. The molecule has 1 aliphatic rings. The topological polar surface area (TPSA) is 74.3 Å². The van der Waals surface area contributed by atoms with E-state index in [1.54, 1.807) is 35.6 Å². The Balaban J connectivity index is 1.83. The number of carbonyl (C=O) groups is 2. The fraction of sp³-hybridized carbons (Fsp3) is 0.267. The molecule has 132 valence electrons. The maximum absolute atomic E-state index is 13.6. The van der Waals surface area contributed by atoms with Gasteiger partial charge in [-0.05, 0) is 12.0 Å². The van der Waals surface area contributed by atoms with Crippen molar-refractivity contribution in [1.29, 1.82) is 0 Å². The second-order valence-corrected chi connectivity index (χ2v) is 6.23. The number of nitrogens with one attached hydrogen (secondary N) is 2. The van der Waals surface area contributed by atoms with E-state index in [9.17, 15) is 22.8 Å². The van der Waals surface area contributed by atoms with Gasteiger partial charge in [-0.15, -0.1) is 11.3 Å². The normalized spacial score (nSPS) is 20.7. The van der Waals surface area contributed by atoms with Crippen LogP contribution in [0.15, 0.2) is 41.9 Å². The molecular formula is C15H13F3N4O2S. The molecule has 0 spiro atoms. The second-order valence-electron chi connectivity index (χ2n) is 5.33. The van der Waals surface area contributed by atoms with Crippen LogP contribution >= 0.6 is 11.3 Å². The molecular weight excluding hydrogens is 357 g/mol. The van der Waals surface area contributed by atoms with Gasteiger partial charge < -0.3 is 5.32 Å². The smallest absolute Gasteiger partial charge is 0.323 e. The molecule has 3 amide bonds. The zero-order valence-corrected chi connectivity index (χ0v) is 13.5. The van der Waals surface area contributed by atoms with Crippen LogP contribution in [-0.2, 0) is 11.2 Å². The van der Waals surface area contributed by atoms with E-state index in [4.69, 9.17) is 0 Å². The Morgan fingerprint density at radius 2 is 1.96 bits per heavy atom. The van der Waals surface area contributed by atoms with E-state index in [1.165, 1.54) is 11.6 Å². The van der Waals surface area contributed by atoms with Gasteiger partial charge in [0, 0.05) is 18.1 Å². The van der Waals surface area contributed by atoms with E-state index in [0.29, 0.717) is 4.90 Å². The van der Waals surface area contributed by atoms with Crippen molar-refractivity contribution in [2.75, 3.05) is 11.9 Å². The van der Waals surface area contributed by atoms with Crippen LogP contribution in [0.25, 0.3) is 0 Å². The SMILES string of the molecule is O=C1N[C@@](Nc2nccs2)(C(F)(F)F)C(=O)N1CCc1ccccc1. The molecule has 0 saturated carbocycles. The third kappa shape index (κ3) is 3.16. The Bertz CT molecular complexity index is 767. The molecule has 1 aliphatic heterocycles. The highest BCUT2D eigenvalue weighted by molar-refractivity contribution is 7.13. The maximum Gasteiger partial charge on any atom is 0.440 e. The lowest BCUT2D eigenvalue weighted by molar-refractivity contribution is -0.188. The Morgan fingerprint density at radius 1 is 1.24 bits per heavy atom. The van der Waals surface area contributed by atoms with Crippen LogP contribution in [0.2, 0.25) is 0 Å². The van der Waals surface area contributed by atoms with Crippen molar-refractivity contribution < 1.29 is 22.8 Å². The van der Waals surface area contributed by atoms with E-state index < -0.39 is 23.8 Å². The number of halogens is 3. The molecule has 1 aromatic carbocycles. The van der Waals surface area contributed by atoms with Crippen molar-refractivity contribution in [2.45, 2.75) is 18.3 Å². The zero-order chi connectivity index (χ0) is 18.1. The number of thiazole rings is 1. The number of alkyl halides is 3. The summed E-state index contributed by atoms with van der Waals surface area (Å²) in [5, 5.41) is 5.14. The standard InChI is InChI=1S/C15H13F3N4O2S/c16-15(17,18)14(20-12-19-7-9-25-12)11(23)22(13(24)21-14)8-6-10-4-2-1-3-5-10/h1-5,7,9H,6,8H2,(H,19,20)(H,21,24)/t14-/m1/s1. The number of urea groups is 1. The minimum atomic E-state index is -5.03. The molecule has 0 radical (unpaired) electrons. The minimum Gasteiger partial charge on any atom is -0.323 e. The summed E-state index contributed by atoms with van der Waals surface area (Å²) in [6, 6.07) is 7.77. The third-order valence-electron chi connectivity index (χ3n) is 3.72. The fourth-order valence-corrected chi connectivity index (χ4v) is 3.04. The maximum atomic E-state index is 13.6. The number of hydrogen-bond acceptors (Lipinski definition) is 5. The largest absolute Gasteiger partial charge is 0.440 e. The average Bonchev–Trinajstić information content (AvgIpc) is 3.14. The molecule has 0 aliphatic carbocycles. The van der Waals surface area contributed by atoms with E-state index in [-0.39, 0.29) is 18.1 Å². The lowest BCUT2D eigenvalue weighted by Gasteiger charge is -2.29. The summed E-state index contributed by atoms with van der Waals surface area (Å²) in [5.41, 5.74) is -2.40. The summed E-state index contributed by atoms with van der Waals surface area (Å²) in [4.78, 5) is 28.8. The van der Waals surface area contributed by atoms with Gasteiger partial charge in [0.2, 0.25) is 0 Å². The Hall–Kier alpha value is -2.62. The lowest BCUT2D eigenvalue weighted by Crippen LogP contribution is -2.64. The molecule has 6 nitrogen and oxygen atoms in total. The summed E-state index contributed by atoms with van der Waals surface area (Å²) in [7, 11) is 0. The van der Waals surface area contributed by atoms with Crippen LogP contribution in [-0.4, -0.2) is 40.2 Å². The highest BCUT2D eigenvalue weighted by Crippen LogP contribution is 2.37. The van der Waals surface area contributed by atoms with Crippen LogP contribution in [0.5, 0.6) is 0 Å². The Kier molecular flexibility index (Phi) is 4.38. The zero-order valence-electron chi connectivity index (χ0n) is 12.7. The van der Waals surface area contributed by atoms with Gasteiger partial charge in [-0.3, -0.25) is 15.0 Å². The predicted molar refractivity (Wildman–Crippen MR) is 84.9 cm³/mol. The number of nitrogens with zero attached hydrogens (tertiary/aromatic N) is 2. The molecule has 0 bridgehead atoms. The van der Waals surface area contributed by atoms with Gasteiger partial charge in [-0.2, -0.15) is 13.2 Å². The first kappa shape index (κ1) is 17.2. The Morgan fingerprint density at radius 3 is 2.56 bits per heavy atom. The van der Waals surface area contributed by atoms with Gasteiger partial charge >= 0.3 is 12.2 Å². The van der Waals surface area contributed by atoms with Crippen molar-refractivity contribution in [2.24, 2.45) is 0 Å². The van der Waals surface area contributed by atoms with Crippen molar-refractivity contribution >= 4 is 28.4 Å². The number of imide groups is 1. The van der Waals surface area contributed by atoms with Crippen molar-refractivity contribution in [1.82, 2.24) is 15.2 Å². The molecule has 2 aromatic rings. The molecule has 1 aromatic heterocycles. The fourth-order valence-electron chi connectivity index (χ4n) is 2.46. The van der Waals surface area contributed by atoms with Crippen LogP contribution in [0.4, 0.5) is 23.1 Å². The molecule has 25 heavy (non-hydrogen) atoms. The number of carbonyl (C=O) groups excluding carboxylic acids is 2. The first-order chi connectivity index (χ1) is 11.8. The molecule has 0 unspecified atom stereocenters. The van der Waals surface area contributed by atoms with E-state index in [0.717, 1.165) is 16.9 Å². The number of benzene rings is 1. The lowest BCUT2D eigenvalue weighted by atomic mass is 10.1. The molecule has 2 heterocycles. The van der Waals surface area contributed by atoms with Gasteiger partial charge in [0.05, 0.1) is 0 Å². The summed E-state index contributed by atoms with van der Waals surface area (Å²) < 4.78 is 40.9. The monoisotopic (exact) mass is 370 g/mol. The number of rotatable bonds is 5. The molecule has 1 saturated heterocycles. The summed E-state index contributed by atoms with van der Waals surface area (Å²) in [6.07, 6.45) is -3.48. The quantitative estimate of drug-likeness (QED) is 0.794. The van der Waals surface area contributed by atoms with E-state index in [2.05, 4.69) is 4.98 Å². The van der Waals surface area contributed by atoms with Crippen molar-refractivity contribution in [3.63, 3.8) is 0 Å². The molecule has 1 atom stereocenters. The van der Waals surface area contributed by atoms with Gasteiger partial charge in [0.15, 0.2) is 5.13 Å². The van der Waals surface area contributed by atoms with Crippen LogP contribution in [0.1, 0.15) is 5.56 Å². The van der Waals surface area contributed by atoms with Crippen molar-refractivity contribution in [3.05, 3.63) is 47.5 Å². The molecule has 1 fully saturated rings. The van der Waals surface area contributed by atoms with Crippen LogP contribution in [0.3, 0.4) is 0 Å². The minimum absolute atomic E-state index is 0.115. The molecule has 3 rings (SSSR count). The number of anilines is 1. The van der Waals surface area contributed by atoms with E-state index in [1.807, 2.05) is 5.32 Å². The first-order valence-electron chi connectivity index (χ1n) is 7.26. The summed E-state index contributed by atoms with van der Waals surface area (Å²) in [6.45, 7) is -0.161. The predicted octanol–water partition coefficient (Wildman–Crippen LogP) is 2.61. The number of aromatic nitrogens is 1. The van der Waals surface area contributed by atoms with E-state index >= 15 is 0 Å². The van der Waals surface area contributed by atoms with Crippen molar-refractivity contribution in [3.8, 4) is 0 Å². The Labute approximate surface area is 144 Å². The van der Waals surface area contributed by atoms with Gasteiger partial charge in [0.25, 0.3) is 11.6 Å². The molecule has 10 heteroatoms. The second kappa shape index (κ2) is 6.36. The number of hydrogen-bond donors (Lipinski definition) is 2. The van der Waals surface area contributed by atoms with Gasteiger partial charge in [-0.1, -0.05) is 30.3 Å². The highest BCUT2D eigenvalue weighted by atomic mass is 32.1. The van der Waals surface area contributed by atoms with Crippen LogP contribution < -0.4 is 10.6 Å². The van der Waals surface area contributed by atoms with Gasteiger partial charge in [0.1, 0.15) is 0 Å². The van der Waals surface area contributed by atoms with Crippen LogP contribution in [0, 0.1) is 0 Å². The number of amides is 3.